The zero-order valence-corrected chi connectivity index (χ0v) is 13.5. The molecule has 0 aliphatic rings. The molecule has 0 bridgehead atoms. The first-order valence-electron chi connectivity index (χ1n) is 6.38. The summed E-state index contributed by atoms with van der Waals surface area (Å²) in [5, 5.41) is 0. The van der Waals surface area contributed by atoms with Gasteiger partial charge < -0.3 is 0 Å². The topological polar surface area (TPSA) is 29.5 Å². The summed E-state index contributed by atoms with van der Waals surface area (Å²) >= 11 is 0. The van der Waals surface area contributed by atoms with Gasteiger partial charge in [-0.2, -0.15) is 0 Å². The van der Waals surface area contributed by atoms with Crippen molar-refractivity contribution in [2.75, 3.05) is 32.8 Å². The predicted molar refractivity (Wildman–Crippen MR) is 79.1 cm³/mol. The van der Waals surface area contributed by atoms with Gasteiger partial charge >= 0.3 is 103 Å². The van der Waals surface area contributed by atoms with Crippen LogP contribution in [0.25, 0.3) is 0 Å². The van der Waals surface area contributed by atoms with Crippen molar-refractivity contribution in [1.29, 1.82) is 0 Å². The molecule has 1 atom stereocenters. The molecule has 0 aliphatic carbocycles. The first-order valence-corrected chi connectivity index (χ1v) is 11.7. The van der Waals surface area contributed by atoms with Gasteiger partial charge in [0.1, 0.15) is 0 Å². The van der Waals surface area contributed by atoms with Gasteiger partial charge in [0.25, 0.3) is 0 Å². The summed E-state index contributed by atoms with van der Waals surface area (Å²) in [4.78, 5) is 9.83. The Morgan fingerprint density at radius 2 is 1.44 bits per heavy atom. The first kappa shape index (κ1) is 16.8. The van der Waals surface area contributed by atoms with Gasteiger partial charge in [0.05, 0.1) is 0 Å². The molecule has 0 rings (SSSR count). The molecule has 0 amide bonds. The normalized spacial score (nSPS) is 16.8. The van der Waals surface area contributed by atoms with Gasteiger partial charge in [0.2, 0.25) is 0 Å². The molecule has 0 fully saturated rings. The molecular weight excluding hydrogens is 238 g/mol. The Labute approximate surface area is 103 Å². The second-order valence-electron chi connectivity index (χ2n) is 6.34. The van der Waals surface area contributed by atoms with Crippen LogP contribution in [0.3, 0.4) is 0 Å². The van der Waals surface area contributed by atoms with Crippen LogP contribution in [0.5, 0.6) is 0 Å². The average molecular weight is 268 g/mol. The van der Waals surface area contributed by atoms with E-state index in [2.05, 4.69) is 33.6 Å². The summed E-state index contributed by atoms with van der Waals surface area (Å²) in [6, 6.07) is 0. The predicted octanol–water partition coefficient (Wildman–Crippen LogP) is 4.66. The van der Waals surface area contributed by atoms with Gasteiger partial charge in [-0.3, -0.25) is 0 Å². The molecule has 16 heavy (non-hydrogen) atoms. The van der Waals surface area contributed by atoms with Gasteiger partial charge in [0, 0.05) is 0 Å². The van der Waals surface area contributed by atoms with Crippen molar-refractivity contribution < 1.29 is 9.20 Å². The van der Waals surface area contributed by atoms with E-state index in [-0.39, 0.29) is 0 Å². The fourth-order valence-corrected chi connectivity index (χ4v) is 5.28. The number of unbranched alkanes of at least 4 members (excludes halogenated alkanes) is 5. The Hall–Kier alpha value is 0.780. The number of hydrogen-bond donors (Lipinski definition) is 1. The van der Waals surface area contributed by atoms with Crippen LogP contribution in [0.4, 0.5) is 0 Å². The van der Waals surface area contributed by atoms with Crippen molar-refractivity contribution >= 4 is 15.2 Å². The fraction of sp³-hybridized carbons (Fsp3) is 1.00. The number of rotatable bonds is 9. The van der Waals surface area contributed by atoms with Crippen molar-refractivity contribution in [3.8, 4) is 0 Å². The van der Waals surface area contributed by atoms with Crippen LogP contribution < -0.4 is 0 Å². The van der Waals surface area contributed by atoms with Gasteiger partial charge in [-0.1, -0.05) is 0 Å². The van der Waals surface area contributed by atoms with E-state index in [1.54, 1.807) is 0 Å². The third-order valence-electron chi connectivity index (χ3n) is 2.12. The Balaban J connectivity index is 3.48. The molecule has 0 radical (unpaired) electrons. The van der Waals surface area contributed by atoms with Gasteiger partial charge in [-0.15, -0.1) is 0 Å². The fourth-order valence-electron chi connectivity index (χ4n) is 1.45. The summed E-state index contributed by atoms with van der Waals surface area (Å²) < 4.78 is 5.80. The molecule has 2 nitrogen and oxygen atoms in total. The van der Waals surface area contributed by atoms with Gasteiger partial charge in [-0.25, -0.2) is 0 Å². The summed E-state index contributed by atoms with van der Waals surface area (Å²) in [6.45, 7) is 8.80. The number of hydrogen-bond acceptors (Lipinski definition) is 2. The summed E-state index contributed by atoms with van der Waals surface area (Å²) in [7, 11) is -1.18. The van der Waals surface area contributed by atoms with Gasteiger partial charge in [-0.05, 0) is 0 Å². The van der Waals surface area contributed by atoms with Crippen LogP contribution in [-0.2, 0) is 4.31 Å². The molecule has 0 heterocycles. The molecular formula is C12H30O2P2. The van der Waals surface area contributed by atoms with Gasteiger partial charge in [0.15, 0.2) is 0 Å². The molecule has 0 aliphatic heterocycles. The van der Waals surface area contributed by atoms with Crippen LogP contribution in [0, 0.1) is 0 Å². The zero-order chi connectivity index (χ0) is 12.7. The van der Waals surface area contributed by atoms with E-state index in [1.807, 2.05) is 0 Å². The Morgan fingerprint density at radius 3 is 1.94 bits per heavy atom. The first-order chi connectivity index (χ1) is 7.21. The van der Waals surface area contributed by atoms with E-state index in [4.69, 9.17) is 4.31 Å². The van der Waals surface area contributed by atoms with Crippen molar-refractivity contribution in [3.63, 3.8) is 0 Å². The van der Waals surface area contributed by atoms with E-state index in [0.29, 0.717) is 0 Å². The molecule has 0 aromatic carbocycles. The van der Waals surface area contributed by atoms with Crippen LogP contribution in [0.1, 0.15) is 45.4 Å². The SMILES string of the molecule is CCCCCCCCP(O)OP(C)(C)(C)C. The minimum atomic E-state index is -1.98. The molecule has 0 aromatic rings. The Bertz CT molecular complexity index is 178. The van der Waals surface area contributed by atoms with E-state index >= 15 is 0 Å². The molecule has 0 spiro atoms. The second-order valence-corrected chi connectivity index (χ2v) is 15.0. The molecule has 1 N–H and O–H groups in total. The summed E-state index contributed by atoms with van der Waals surface area (Å²) in [5.74, 6) is 0. The van der Waals surface area contributed by atoms with Crippen molar-refractivity contribution in [2.45, 2.75) is 45.4 Å². The summed E-state index contributed by atoms with van der Waals surface area (Å²) in [6.07, 6.45) is 8.47. The van der Waals surface area contributed by atoms with E-state index in [9.17, 15) is 4.89 Å². The molecule has 4 heteroatoms. The van der Waals surface area contributed by atoms with E-state index < -0.39 is 15.2 Å². The monoisotopic (exact) mass is 268 g/mol. The molecule has 100 valence electrons. The molecule has 0 aromatic heterocycles. The third kappa shape index (κ3) is 12.8. The zero-order valence-electron chi connectivity index (χ0n) is 11.7. The molecule has 0 saturated heterocycles. The van der Waals surface area contributed by atoms with E-state index in [0.717, 1.165) is 12.6 Å². The Morgan fingerprint density at radius 1 is 0.938 bits per heavy atom. The minimum absolute atomic E-state index is 0.850. The van der Waals surface area contributed by atoms with Crippen LogP contribution in [0.2, 0.25) is 0 Å². The van der Waals surface area contributed by atoms with Crippen molar-refractivity contribution in [2.24, 2.45) is 0 Å². The maximum absolute atomic E-state index is 9.83. The van der Waals surface area contributed by atoms with E-state index in [1.165, 1.54) is 32.1 Å². The third-order valence-corrected chi connectivity index (χ3v) is 6.19. The Kier molecular flexibility index (Phi) is 7.62. The van der Waals surface area contributed by atoms with Crippen LogP contribution in [-0.4, -0.2) is 37.7 Å². The standard InChI is InChI=1S/C12H30O2P2/c1-6-7-8-9-10-11-12-15(13)14-16(2,3,4)5/h13H,6-12H2,1-5H3. The molecule has 1 unspecified atom stereocenters. The quantitative estimate of drug-likeness (QED) is 0.487. The van der Waals surface area contributed by atoms with Crippen molar-refractivity contribution in [1.82, 2.24) is 0 Å². The average Bonchev–Trinajstić information content (AvgIpc) is 2.06. The van der Waals surface area contributed by atoms with Crippen LogP contribution >= 0.6 is 15.2 Å². The maximum atomic E-state index is 9.83. The van der Waals surface area contributed by atoms with Crippen LogP contribution in [0.15, 0.2) is 0 Å². The van der Waals surface area contributed by atoms with Crippen molar-refractivity contribution in [3.05, 3.63) is 0 Å². The second kappa shape index (κ2) is 7.27. The summed E-state index contributed by atoms with van der Waals surface area (Å²) in [5.41, 5.74) is 0. The molecule has 0 saturated carbocycles.